The zero-order valence-electron chi connectivity index (χ0n) is 16.2. The summed E-state index contributed by atoms with van der Waals surface area (Å²) in [5.41, 5.74) is 1.39. The van der Waals surface area contributed by atoms with Gasteiger partial charge in [0.2, 0.25) is 0 Å². The van der Waals surface area contributed by atoms with Gasteiger partial charge in [-0.3, -0.25) is 0 Å². The largest absolute Gasteiger partial charge is 0.382 e. The van der Waals surface area contributed by atoms with Crippen LogP contribution in [0.2, 0.25) is 10.0 Å². The summed E-state index contributed by atoms with van der Waals surface area (Å²) >= 11 is 12.3. The van der Waals surface area contributed by atoms with Crippen LogP contribution in [0.1, 0.15) is 82.6 Å². The van der Waals surface area contributed by atoms with Gasteiger partial charge in [0.15, 0.2) is 0 Å². The molecule has 2 saturated carbocycles. The molecule has 0 saturated heterocycles. The van der Waals surface area contributed by atoms with Crippen molar-refractivity contribution in [3.63, 3.8) is 0 Å². The number of rotatable bonds is 7. The lowest BCUT2D eigenvalue weighted by molar-refractivity contribution is 0.125. The van der Waals surface area contributed by atoms with E-state index in [0.29, 0.717) is 16.0 Å². The van der Waals surface area contributed by atoms with Crippen molar-refractivity contribution in [2.24, 2.45) is 17.8 Å². The van der Waals surface area contributed by atoms with Crippen molar-refractivity contribution in [1.29, 1.82) is 0 Å². The normalized spacial score (nSPS) is 29.7. The van der Waals surface area contributed by atoms with Crippen LogP contribution >= 0.6 is 23.2 Å². The molecule has 0 bridgehead atoms. The van der Waals surface area contributed by atoms with Gasteiger partial charge in [0.25, 0.3) is 0 Å². The van der Waals surface area contributed by atoms with E-state index in [0.717, 1.165) is 31.0 Å². The SMILES string of the molecule is CCOCCCC1CCC(C2CCC(c3ccc(Cl)c(Cl)c3)CC2)CC1. The molecule has 3 rings (SSSR count). The molecule has 0 aliphatic heterocycles. The van der Waals surface area contributed by atoms with E-state index in [1.807, 2.05) is 6.07 Å². The zero-order valence-corrected chi connectivity index (χ0v) is 17.7. The molecular weight excluding hydrogens is 363 g/mol. The fourth-order valence-electron chi connectivity index (χ4n) is 5.26. The Bertz CT molecular complexity index is 543. The van der Waals surface area contributed by atoms with Gasteiger partial charge in [-0.1, -0.05) is 42.1 Å². The van der Waals surface area contributed by atoms with E-state index < -0.39 is 0 Å². The third kappa shape index (κ3) is 5.63. The molecule has 3 heteroatoms. The molecule has 1 nitrogen and oxygen atoms in total. The number of benzene rings is 1. The third-order valence-corrected chi connectivity index (χ3v) is 7.59. The van der Waals surface area contributed by atoms with Crippen LogP contribution in [0.3, 0.4) is 0 Å². The molecule has 26 heavy (non-hydrogen) atoms. The summed E-state index contributed by atoms with van der Waals surface area (Å²) in [6, 6.07) is 6.22. The van der Waals surface area contributed by atoms with Crippen molar-refractivity contribution in [1.82, 2.24) is 0 Å². The van der Waals surface area contributed by atoms with Gasteiger partial charge in [0.05, 0.1) is 10.0 Å². The second kappa shape index (κ2) is 10.3. The van der Waals surface area contributed by atoms with Crippen molar-refractivity contribution < 1.29 is 4.74 Å². The summed E-state index contributed by atoms with van der Waals surface area (Å²) in [5.74, 6) is 3.57. The molecule has 0 spiro atoms. The highest BCUT2D eigenvalue weighted by Gasteiger charge is 2.31. The Morgan fingerprint density at radius 2 is 1.54 bits per heavy atom. The number of halogens is 2. The minimum Gasteiger partial charge on any atom is -0.382 e. The van der Waals surface area contributed by atoms with E-state index >= 15 is 0 Å². The predicted octanol–water partition coefficient (Wildman–Crippen LogP) is 7.89. The third-order valence-electron chi connectivity index (χ3n) is 6.85. The first-order chi connectivity index (χ1) is 12.7. The molecule has 0 heterocycles. The zero-order chi connectivity index (χ0) is 18.4. The minimum atomic E-state index is 0.669. The fraction of sp³-hybridized carbons (Fsp3) is 0.739. The first kappa shape index (κ1) is 20.5. The second-order valence-corrected chi connectivity index (χ2v) is 9.22. The summed E-state index contributed by atoms with van der Waals surface area (Å²) < 4.78 is 5.49. The average Bonchev–Trinajstić information content (AvgIpc) is 2.68. The van der Waals surface area contributed by atoms with E-state index in [-0.39, 0.29) is 0 Å². The summed E-state index contributed by atoms with van der Waals surface area (Å²) in [7, 11) is 0. The Morgan fingerprint density at radius 1 is 0.885 bits per heavy atom. The monoisotopic (exact) mass is 396 g/mol. The lowest BCUT2D eigenvalue weighted by Gasteiger charge is -2.38. The van der Waals surface area contributed by atoms with Gasteiger partial charge in [-0.15, -0.1) is 0 Å². The highest BCUT2D eigenvalue weighted by molar-refractivity contribution is 6.42. The van der Waals surface area contributed by atoms with Gasteiger partial charge >= 0.3 is 0 Å². The first-order valence-corrected chi connectivity index (χ1v) is 11.5. The topological polar surface area (TPSA) is 9.23 Å². The van der Waals surface area contributed by atoms with Crippen molar-refractivity contribution in [2.45, 2.75) is 77.0 Å². The van der Waals surface area contributed by atoms with Crippen LogP contribution in [-0.4, -0.2) is 13.2 Å². The predicted molar refractivity (Wildman–Crippen MR) is 112 cm³/mol. The Morgan fingerprint density at radius 3 is 2.15 bits per heavy atom. The van der Waals surface area contributed by atoms with Gasteiger partial charge < -0.3 is 4.74 Å². The standard InChI is InChI=1S/C23H34Cl2O/c1-2-26-15-3-4-17-5-7-18(8-6-17)19-9-11-20(12-10-19)21-13-14-22(24)23(25)16-21/h13-14,16-20H,2-12,15H2,1H3. The van der Waals surface area contributed by atoms with E-state index in [9.17, 15) is 0 Å². The van der Waals surface area contributed by atoms with E-state index in [2.05, 4.69) is 19.1 Å². The van der Waals surface area contributed by atoms with Crippen LogP contribution in [0.25, 0.3) is 0 Å². The molecule has 2 aliphatic rings. The van der Waals surface area contributed by atoms with Crippen molar-refractivity contribution >= 4 is 23.2 Å². The molecule has 146 valence electrons. The first-order valence-electron chi connectivity index (χ1n) is 10.7. The van der Waals surface area contributed by atoms with Crippen LogP contribution in [-0.2, 0) is 4.74 Å². The maximum atomic E-state index is 6.21. The molecule has 0 radical (unpaired) electrons. The van der Waals surface area contributed by atoms with Gasteiger partial charge in [0, 0.05) is 13.2 Å². The number of hydrogen-bond acceptors (Lipinski definition) is 1. The maximum absolute atomic E-state index is 6.21. The molecule has 1 aromatic rings. The summed E-state index contributed by atoms with van der Waals surface area (Å²) in [6.45, 7) is 3.90. The van der Waals surface area contributed by atoms with Crippen LogP contribution in [0.5, 0.6) is 0 Å². The van der Waals surface area contributed by atoms with Gasteiger partial charge in [0.1, 0.15) is 0 Å². The van der Waals surface area contributed by atoms with Crippen molar-refractivity contribution in [3.8, 4) is 0 Å². The van der Waals surface area contributed by atoms with Crippen molar-refractivity contribution in [3.05, 3.63) is 33.8 Å². The quantitative estimate of drug-likeness (QED) is 0.425. The van der Waals surface area contributed by atoms with E-state index in [1.165, 1.54) is 69.8 Å². The van der Waals surface area contributed by atoms with Gasteiger partial charge in [-0.05, 0) is 99.7 Å². The highest BCUT2D eigenvalue weighted by Crippen LogP contribution is 2.45. The Kier molecular flexibility index (Phi) is 8.15. The van der Waals surface area contributed by atoms with Gasteiger partial charge in [-0.2, -0.15) is 0 Å². The lowest BCUT2D eigenvalue weighted by Crippen LogP contribution is -2.25. The highest BCUT2D eigenvalue weighted by atomic mass is 35.5. The number of ether oxygens (including phenoxy) is 1. The lowest BCUT2D eigenvalue weighted by atomic mass is 9.68. The molecular formula is C23H34Cl2O. The maximum Gasteiger partial charge on any atom is 0.0595 e. The smallest absolute Gasteiger partial charge is 0.0595 e. The molecule has 0 atom stereocenters. The van der Waals surface area contributed by atoms with Crippen LogP contribution in [0.4, 0.5) is 0 Å². The Hall–Kier alpha value is -0.240. The molecule has 2 aliphatic carbocycles. The van der Waals surface area contributed by atoms with E-state index in [1.54, 1.807) is 0 Å². The second-order valence-electron chi connectivity index (χ2n) is 8.41. The van der Waals surface area contributed by atoms with Crippen molar-refractivity contribution in [2.75, 3.05) is 13.2 Å². The van der Waals surface area contributed by atoms with Crippen LogP contribution in [0, 0.1) is 17.8 Å². The number of hydrogen-bond donors (Lipinski definition) is 0. The van der Waals surface area contributed by atoms with Crippen LogP contribution < -0.4 is 0 Å². The Balaban J connectivity index is 1.39. The fourth-order valence-corrected chi connectivity index (χ4v) is 5.56. The van der Waals surface area contributed by atoms with Gasteiger partial charge in [-0.25, -0.2) is 0 Å². The summed E-state index contributed by atoms with van der Waals surface area (Å²) in [5, 5.41) is 1.37. The Labute approximate surface area is 169 Å². The molecule has 1 aromatic carbocycles. The molecule has 0 amide bonds. The summed E-state index contributed by atoms with van der Waals surface area (Å²) in [6.07, 6.45) is 13.9. The molecule has 2 fully saturated rings. The summed E-state index contributed by atoms with van der Waals surface area (Å²) in [4.78, 5) is 0. The molecule has 0 unspecified atom stereocenters. The van der Waals surface area contributed by atoms with E-state index in [4.69, 9.17) is 27.9 Å². The molecule has 0 N–H and O–H groups in total. The average molecular weight is 397 g/mol. The minimum absolute atomic E-state index is 0.669. The van der Waals surface area contributed by atoms with Crippen LogP contribution in [0.15, 0.2) is 18.2 Å². The molecule has 0 aromatic heterocycles.